The van der Waals surface area contributed by atoms with E-state index in [0.717, 1.165) is 6.29 Å². The van der Waals surface area contributed by atoms with Gasteiger partial charge in [-0.2, -0.15) is 0 Å². The first-order valence-corrected chi connectivity index (χ1v) is 9.39. The molecule has 0 amide bonds. The highest BCUT2D eigenvalue weighted by molar-refractivity contribution is 5.67. The Morgan fingerprint density at radius 3 is 1.78 bits per heavy atom. The van der Waals surface area contributed by atoms with Crippen molar-refractivity contribution in [3.63, 3.8) is 0 Å². The zero-order valence-corrected chi connectivity index (χ0v) is 15.3. The van der Waals surface area contributed by atoms with Crippen molar-refractivity contribution in [1.82, 2.24) is 10.2 Å². The van der Waals surface area contributed by atoms with Gasteiger partial charge in [0.15, 0.2) is 0 Å². The molecular formula is C24H24N2O. The van der Waals surface area contributed by atoms with Crippen LogP contribution < -0.4 is 5.32 Å². The standard InChI is InChI=1S/C24H24N2O/c27-19-24(25-16-20-10-4-1-5-11-20)17-26(18-24)23(21-12-6-2-7-13-21)22-14-8-3-9-15-22/h1-15,19,23,25H,16-18H2. The van der Waals surface area contributed by atoms with E-state index in [1.54, 1.807) is 0 Å². The van der Waals surface area contributed by atoms with Gasteiger partial charge in [0, 0.05) is 19.6 Å². The Balaban J connectivity index is 1.51. The molecule has 0 radical (unpaired) electrons. The maximum Gasteiger partial charge on any atom is 0.142 e. The molecule has 136 valence electrons. The van der Waals surface area contributed by atoms with E-state index in [0.29, 0.717) is 19.6 Å². The number of carbonyl (C=O) groups excluding carboxylic acids is 1. The third-order valence-electron chi connectivity index (χ3n) is 5.28. The smallest absolute Gasteiger partial charge is 0.142 e. The number of likely N-dealkylation sites (tertiary alicyclic amines) is 1. The largest absolute Gasteiger partial charge is 0.301 e. The molecule has 0 aliphatic carbocycles. The van der Waals surface area contributed by atoms with E-state index < -0.39 is 5.54 Å². The Labute approximate surface area is 160 Å². The summed E-state index contributed by atoms with van der Waals surface area (Å²) in [4.78, 5) is 14.3. The summed E-state index contributed by atoms with van der Waals surface area (Å²) in [7, 11) is 0. The third-order valence-corrected chi connectivity index (χ3v) is 5.28. The Kier molecular flexibility index (Phi) is 5.14. The van der Waals surface area contributed by atoms with Crippen molar-refractivity contribution in [3.05, 3.63) is 108 Å². The molecule has 0 bridgehead atoms. The lowest BCUT2D eigenvalue weighted by atomic mass is 9.85. The number of aldehydes is 1. The molecule has 1 aliphatic heterocycles. The molecule has 0 unspecified atom stereocenters. The van der Waals surface area contributed by atoms with Crippen molar-refractivity contribution in [1.29, 1.82) is 0 Å². The van der Waals surface area contributed by atoms with Crippen molar-refractivity contribution < 1.29 is 4.79 Å². The highest BCUT2D eigenvalue weighted by Gasteiger charge is 2.45. The summed E-state index contributed by atoms with van der Waals surface area (Å²) in [5, 5.41) is 3.48. The number of hydrogen-bond donors (Lipinski definition) is 1. The highest BCUT2D eigenvalue weighted by atomic mass is 16.1. The van der Waals surface area contributed by atoms with Crippen molar-refractivity contribution in [2.75, 3.05) is 13.1 Å². The molecule has 0 atom stereocenters. The van der Waals surface area contributed by atoms with Gasteiger partial charge in [-0.05, 0) is 16.7 Å². The Morgan fingerprint density at radius 2 is 1.30 bits per heavy atom. The fraction of sp³-hybridized carbons (Fsp3) is 0.208. The second-order valence-electron chi connectivity index (χ2n) is 7.24. The first kappa shape index (κ1) is 17.7. The molecule has 1 aliphatic rings. The molecule has 3 aromatic carbocycles. The zero-order valence-electron chi connectivity index (χ0n) is 15.3. The number of carbonyl (C=O) groups is 1. The van der Waals surface area contributed by atoms with Crippen LogP contribution in [0.25, 0.3) is 0 Å². The topological polar surface area (TPSA) is 32.3 Å². The van der Waals surface area contributed by atoms with Crippen LogP contribution in [0.2, 0.25) is 0 Å². The third kappa shape index (κ3) is 3.85. The predicted octanol–water partition coefficient (Wildman–Crippen LogP) is 3.82. The van der Waals surface area contributed by atoms with Crippen LogP contribution in [0.15, 0.2) is 91.0 Å². The summed E-state index contributed by atoms with van der Waals surface area (Å²) < 4.78 is 0. The lowest BCUT2D eigenvalue weighted by Gasteiger charge is -2.51. The van der Waals surface area contributed by atoms with Crippen LogP contribution in [0.4, 0.5) is 0 Å². The minimum atomic E-state index is -0.475. The van der Waals surface area contributed by atoms with E-state index in [1.807, 2.05) is 30.3 Å². The molecule has 0 saturated carbocycles. The second kappa shape index (κ2) is 7.87. The molecule has 4 rings (SSSR count). The quantitative estimate of drug-likeness (QED) is 0.653. The lowest BCUT2D eigenvalue weighted by molar-refractivity contribution is -0.121. The molecule has 1 N–H and O–H groups in total. The van der Waals surface area contributed by atoms with Gasteiger partial charge >= 0.3 is 0 Å². The molecule has 3 heteroatoms. The molecular weight excluding hydrogens is 332 g/mol. The van der Waals surface area contributed by atoms with Gasteiger partial charge in [-0.3, -0.25) is 10.2 Å². The van der Waals surface area contributed by atoms with E-state index in [2.05, 4.69) is 70.9 Å². The number of rotatable bonds is 7. The van der Waals surface area contributed by atoms with Crippen LogP contribution in [0, 0.1) is 0 Å². The van der Waals surface area contributed by atoms with Crippen LogP contribution in [0.3, 0.4) is 0 Å². The average Bonchev–Trinajstić information content (AvgIpc) is 2.72. The van der Waals surface area contributed by atoms with Gasteiger partial charge in [-0.1, -0.05) is 91.0 Å². The van der Waals surface area contributed by atoms with Crippen LogP contribution >= 0.6 is 0 Å². The number of nitrogens with zero attached hydrogens (tertiary/aromatic N) is 1. The van der Waals surface area contributed by atoms with E-state index in [9.17, 15) is 4.79 Å². The van der Waals surface area contributed by atoms with Gasteiger partial charge in [0.05, 0.1) is 6.04 Å². The Morgan fingerprint density at radius 1 is 0.815 bits per heavy atom. The minimum absolute atomic E-state index is 0.166. The molecule has 1 saturated heterocycles. The van der Waals surface area contributed by atoms with Crippen molar-refractivity contribution in [2.24, 2.45) is 0 Å². The SMILES string of the molecule is O=CC1(NCc2ccccc2)CN(C(c2ccccc2)c2ccccc2)C1. The van der Waals surface area contributed by atoms with Gasteiger partial charge in [-0.15, -0.1) is 0 Å². The molecule has 3 aromatic rings. The van der Waals surface area contributed by atoms with Crippen molar-refractivity contribution in [2.45, 2.75) is 18.1 Å². The van der Waals surface area contributed by atoms with Crippen LogP contribution in [-0.2, 0) is 11.3 Å². The predicted molar refractivity (Wildman–Crippen MR) is 108 cm³/mol. The van der Waals surface area contributed by atoms with Crippen LogP contribution in [-0.4, -0.2) is 29.8 Å². The van der Waals surface area contributed by atoms with Crippen molar-refractivity contribution in [3.8, 4) is 0 Å². The average molecular weight is 356 g/mol. The fourth-order valence-electron chi connectivity index (χ4n) is 3.85. The summed E-state index contributed by atoms with van der Waals surface area (Å²) in [6, 6.07) is 31.4. The molecule has 27 heavy (non-hydrogen) atoms. The van der Waals surface area contributed by atoms with Gasteiger partial charge in [0.2, 0.25) is 0 Å². The Bertz CT molecular complexity index is 819. The normalized spacial score (nSPS) is 16.0. The van der Waals surface area contributed by atoms with E-state index in [-0.39, 0.29) is 6.04 Å². The van der Waals surface area contributed by atoms with Gasteiger partial charge < -0.3 is 4.79 Å². The van der Waals surface area contributed by atoms with Crippen LogP contribution in [0.1, 0.15) is 22.7 Å². The first-order valence-electron chi connectivity index (χ1n) is 9.39. The lowest BCUT2D eigenvalue weighted by Crippen LogP contribution is -2.70. The summed E-state index contributed by atoms with van der Waals surface area (Å²) in [6.07, 6.45) is 1.08. The van der Waals surface area contributed by atoms with Crippen LogP contribution in [0.5, 0.6) is 0 Å². The maximum atomic E-state index is 11.9. The second-order valence-corrected chi connectivity index (χ2v) is 7.24. The van der Waals surface area contributed by atoms with E-state index >= 15 is 0 Å². The summed E-state index contributed by atoms with van der Waals surface area (Å²) in [6.45, 7) is 2.12. The number of nitrogens with one attached hydrogen (secondary N) is 1. The fourth-order valence-corrected chi connectivity index (χ4v) is 3.85. The monoisotopic (exact) mass is 356 g/mol. The molecule has 3 nitrogen and oxygen atoms in total. The maximum absolute atomic E-state index is 11.9. The van der Waals surface area contributed by atoms with Gasteiger partial charge in [0.1, 0.15) is 11.8 Å². The Hall–Kier alpha value is -2.75. The van der Waals surface area contributed by atoms with E-state index in [4.69, 9.17) is 0 Å². The molecule has 0 aromatic heterocycles. The highest BCUT2D eigenvalue weighted by Crippen LogP contribution is 2.35. The summed E-state index contributed by atoms with van der Waals surface area (Å²) >= 11 is 0. The molecule has 1 heterocycles. The number of benzene rings is 3. The van der Waals surface area contributed by atoms with Crippen molar-refractivity contribution >= 4 is 6.29 Å². The van der Waals surface area contributed by atoms with Gasteiger partial charge in [-0.25, -0.2) is 0 Å². The molecule has 1 fully saturated rings. The van der Waals surface area contributed by atoms with Gasteiger partial charge in [0.25, 0.3) is 0 Å². The summed E-state index contributed by atoms with van der Waals surface area (Å²) in [5.74, 6) is 0. The first-order chi connectivity index (χ1) is 13.3. The van der Waals surface area contributed by atoms with E-state index in [1.165, 1.54) is 16.7 Å². The zero-order chi connectivity index (χ0) is 18.5. The summed E-state index contributed by atoms with van der Waals surface area (Å²) in [5.41, 5.74) is 3.23. The number of hydrogen-bond acceptors (Lipinski definition) is 3. The molecule has 0 spiro atoms. The minimum Gasteiger partial charge on any atom is -0.301 e.